The molecule has 1 aromatic heterocycles. The molecule has 1 aromatic carbocycles. The topological polar surface area (TPSA) is 96.3 Å². The van der Waals surface area contributed by atoms with Crippen molar-refractivity contribution in [2.45, 2.75) is 88.1 Å². The fourth-order valence-electron chi connectivity index (χ4n) is 9.56. The van der Waals surface area contributed by atoms with Gasteiger partial charge in [-0.3, -0.25) is 14.5 Å². The monoisotopic (exact) mass is 689 g/mol. The maximum atomic E-state index is 14.9. The molecule has 0 spiro atoms. The Balaban J connectivity index is 1.22. The molecular weight excluding hydrogens is 647 g/mol. The van der Waals surface area contributed by atoms with Crippen LogP contribution in [-0.4, -0.2) is 96.8 Å². The van der Waals surface area contributed by atoms with Gasteiger partial charge in [-0.15, -0.1) is 0 Å². The van der Waals surface area contributed by atoms with Gasteiger partial charge in [0, 0.05) is 44.4 Å². The number of carbonyl (C=O) groups is 2. The summed E-state index contributed by atoms with van der Waals surface area (Å²) in [6.45, 7) is 5.71. The average molecular weight is 690 g/mol. The van der Waals surface area contributed by atoms with Gasteiger partial charge < -0.3 is 24.3 Å². The summed E-state index contributed by atoms with van der Waals surface area (Å²) < 4.78 is 50.4. The van der Waals surface area contributed by atoms with Crippen molar-refractivity contribution in [3.05, 3.63) is 52.7 Å². The number of piperazine rings is 1. The molecule has 4 atom stereocenters. The van der Waals surface area contributed by atoms with Crippen LogP contribution in [0.1, 0.15) is 60.9 Å². The third kappa shape index (κ3) is 5.20. The molecule has 3 saturated heterocycles. The number of aromatic nitrogens is 1. The molecule has 8 rings (SSSR count). The average Bonchev–Trinajstić information content (AvgIpc) is 3.64. The van der Waals surface area contributed by atoms with Crippen LogP contribution < -0.4 is 19.4 Å². The Morgan fingerprint density at radius 2 is 1.90 bits per heavy atom. The maximum absolute atomic E-state index is 14.9. The van der Waals surface area contributed by atoms with Gasteiger partial charge in [0.05, 0.1) is 48.5 Å². The largest absolute Gasteiger partial charge is 0.474 e. The number of pyridine rings is 1. The van der Waals surface area contributed by atoms with Crippen molar-refractivity contribution in [1.82, 2.24) is 14.8 Å². The van der Waals surface area contributed by atoms with Crippen LogP contribution in [0.4, 0.5) is 30.2 Å². The molecule has 0 radical (unpaired) electrons. The lowest BCUT2D eigenvalue weighted by atomic mass is 9.88. The van der Waals surface area contributed by atoms with Crippen LogP contribution in [0.25, 0.3) is 0 Å². The van der Waals surface area contributed by atoms with Crippen LogP contribution in [0.15, 0.2) is 24.5 Å². The minimum Gasteiger partial charge on any atom is -0.474 e. The molecule has 0 N–H and O–H groups in total. The van der Waals surface area contributed by atoms with Gasteiger partial charge in [0.1, 0.15) is 30.3 Å². The van der Waals surface area contributed by atoms with Crippen molar-refractivity contribution in [3.8, 4) is 11.9 Å². The van der Waals surface area contributed by atoms with Crippen molar-refractivity contribution in [1.29, 1.82) is 5.26 Å². The summed E-state index contributed by atoms with van der Waals surface area (Å²) in [5.41, 5.74) is 5.40. The Hall–Kier alpha value is -4.31. The molecule has 5 aliphatic heterocycles. The Kier molecular flexibility index (Phi) is 8.20. The van der Waals surface area contributed by atoms with Gasteiger partial charge in [0.2, 0.25) is 5.88 Å². The molecule has 6 heterocycles. The van der Waals surface area contributed by atoms with E-state index in [1.165, 1.54) is 9.80 Å². The molecule has 1 aliphatic carbocycles. The summed E-state index contributed by atoms with van der Waals surface area (Å²) in [6.07, 6.45) is 5.25. The standard InChI is InChI=1S/C37H42F3N7O3/c1-22(38)35(48)46-20-31-36(49)43(2)33-32(47(31)18-24(46)10-13-41)27-11-15-44(30-9-8-28(40)25-6-3-4-7-26(25)30)19-29(27)42-34(33)50-21-37-12-5-14-45(37)17-23(39)16-37/h8-9,23-24,31H,1,3-7,10-12,14-21H2,2H3/t23-,24+,31?,37?/m1/s1. The second-order valence-corrected chi connectivity index (χ2v) is 14.7. The van der Waals surface area contributed by atoms with Gasteiger partial charge >= 0.3 is 0 Å². The SMILES string of the molecule is C=C(F)C(=O)N1CC2C(=O)N(C)c3c(OCC45CCCN4C[C@H](F)C5)nc4c(c3N2C[C@@H]1CC#N)CCN(c1ccc(F)c2c1CCCC2)C4. The molecule has 10 nitrogen and oxygen atoms in total. The number of hydrogen-bond donors (Lipinski definition) is 0. The first-order valence-corrected chi connectivity index (χ1v) is 17.8. The summed E-state index contributed by atoms with van der Waals surface area (Å²) in [5.74, 6) is -2.24. The van der Waals surface area contributed by atoms with E-state index in [2.05, 4.69) is 22.4 Å². The number of halogens is 3. The number of carbonyl (C=O) groups excluding carboxylic acids is 2. The highest BCUT2D eigenvalue weighted by Gasteiger charge is 2.51. The lowest BCUT2D eigenvalue weighted by Gasteiger charge is -2.51. The van der Waals surface area contributed by atoms with E-state index < -0.39 is 35.5 Å². The fraction of sp³-hybridized carbons (Fsp3) is 0.568. The smallest absolute Gasteiger partial charge is 0.282 e. The van der Waals surface area contributed by atoms with E-state index in [1.54, 1.807) is 13.1 Å². The predicted molar refractivity (Wildman–Crippen MR) is 181 cm³/mol. The van der Waals surface area contributed by atoms with Crippen molar-refractivity contribution in [3.63, 3.8) is 0 Å². The molecule has 2 unspecified atom stereocenters. The lowest BCUT2D eigenvalue weighted by Crippen LogP contribution is -2.66. The summed E-state index contributed by atoms with van der Waals surface area (Å²) in [4.78, 5) is 41.3. The molecule has 6 aliphatic rings. The van der Waals surface area contributed by atoms with Crippen molar-refractivity contribution in [2.24, 2.45) is 0 Å². The third-order valence-corrected chi connectivity index (χ3v) is 12.0. The Morgan fingerprint density at radius 3 is 2.68 bits per heavy atom. The minimum absolute atomic E-state index is 0.0511. The summed E-state index contributed by atoms with van der Waals surface area (Å²) in [7, 11) is 1.66. The van der Waals surface area contributed by atoms with Gasteiger partial charge in [-0.1, -0.05) is 6.58 Å². The highest BCUT2D eigenvalue weighted by Crippen LogP contribution is 2.49. The Labute approximate surface area is 290 Å². The summed E-state index contributed by atoms with van der Waals surface area (Å²) in [5, 5.41) is 9.70. The van der Waals surface area contributed by atoms with Gasteiger partial charge in [0.15, 0.2) is 5.83 Å². The van der Waals surface area contributed by atoms with Gasteiger partial charge in [-0.05, 0) is 74.8 Å². The number of hydrogen-bond acceptors (Lipinski definition) is 8. The Morgan fingerprint density at radius 1 is 1.10 bits per heavy atom. The second-order valence-electron chi connectivity index (χ2n) is 14.7. The summed E-state index contributed by atoms with van der Waals surface area (Å²) >= 11 is 0. The number of alkyl halides is 1. The van der Waals surface area contributed by atoms with E-state index in [0.717, 1.165) is 78.8 Å². The number of benzene rings is 1. The van der Waals surface area contributed by atoms with E-state index in [9.17, 15) is 28.0 Å². The first-order valence-electron chi connectivity index (χ1n) is 17.8. The molecule has 3 fully saturated rings. The number of ether oxygens (including phenoxy) is 1. The molecule has 0 saturated carbocycles. The van der Waals surface area contributed by atoms with Crippen molar-refractivity contribution < 1.29 is 27.5 Å². The first kappa shape index (κ1) is 32.9. The van der Waals surface area contributed by atoms with Crippen molar-refractivity contribution in [2.75, 3.05) is 61.1 Å². The van der Waals surface area contributed by atoms with Crippen LogP contribution in [-0.2, 0) is 35.4 Å². The van der Waals surface area contributed by atoms with E-state index in [0.29, 0.717) is 38.2 Å². The van der Waals surface area contributed by atoms with Crippen molar-refractivity contribution >= 4 is 28.9 Å². The number of amides is 2. The zero-order valence-electron chi connectivity index (χ0n) is 28.4. The molecule has 50 heavy (non-hydrogen) atoms. The minimum atomic E-state index is -1.14. The number of nitriles is 1. The first-order chi connectivity index (χ1) is 24.1. The van der Waals surface area contributed by atoms with E-state index >= 15 is 0 Å². The molecule has 0 bridgehead atoms. The second kappa shape index (κ2) is 12.5. The summed E-state index contributed by atoms with van der Waals surface area (Å²) in [6, 6.07) is 4.06. The van der Waals surface area contributed by atoms with Crippen LogP contribution in [0.2, 0.25) is 0 Å². The van der Waals surface area contributed by atoms with Crippen LogP contribution in [0, 0.1) is 17.1 Å². The highest BCUT2D eigenvalue weighted by molar-refractivity contribution is 6.08. The lowest BCUT2D eigenvalue weighted by molar-refractivity contribution is -0.133. The molecule has 2 amide bonds. The van der Waals surface area contributed by atoms with Gasteiger partial charge in [0.25, 0.3) is 11.8 Å². The fourth-order valence-corrected chi connectivity index (χ4v) is 9.56. The van der Waals surface area contributed by atoms with Crippen LogP contribution >= 0.6 is 0 Å². The number of nitrogens with zero attached hydrogens (tertiary/aromatic N) is 7. The normalized spacial score (nSPS) is 27.3. The molecular formula is C37H42F3N7O3. The number of rotatable bonds is 6. The highest BCUT2D eigenvalue weighted by atomic mass is 19.1. The zero-order valence-corrected chi connectivity index (χ0v) is 28.4. The third-order valence-electron chi connectivity index (χ3n) is 12.0. The quantitative estimate of drug-likeness (QED) is 0.413. The van der Waals surface area contributed by atoms with Crippen LogP contribution in [0.5, 0.6) is 5.88 Å². The van der Waals surface area contributed by atoms with Gasteiger partial charge in [-0.2, -0.15) is 5.26 Å². The maximum Gasteiger partial charge on any atom is 0.282 e. The molecule has 13 heteroatoms. The van der Waals surface area contributed by atoms with Gasteiger partial charge in [-0.25, -0.2) is 18.2 Å². The van der Waals surface area contributed by atoms with E-state index in [-0.39, 0.29) is 43.7 Å². The Bertz CT molecular complexity index is 1820. The number of fused-ring (bicyclic) bond motifs is 7. The predicted octanol–water partition coefficient (Wildman–Crippen LogP) is 4.38. The number of anilines is 3. The number of likely N-dealkylation sites (N-methyl/N-ethyl adjacent to an activating group) is 1. The van der Waals surface area contributed by atoms with E-state index in [4.69, 9.17) is 9.72 Å². The zero-order chi connectivity index (χ0) is 34.9. The molecule has 2 aromatic rings. The van der Waals surface area contributed by atoms with Crippen LogP contribution in [0.3, 0.4) is 0 Å². The molecule has 264 valence electrons. The van der Waals surface area contributed by atoms with E-state index in [1.807, 2.05) is 11.0 Å².